The molecule has 0 atom stereocenters. The molecule has 0 aromatic heterocycles. The van der Waals surface area contributed by atoms with E-state index in [-0.39, 0.29) is 12.3 Å². The molecule has 156 valence electrons. The number of hydrogen-bond acceptors (Lipinski definition) is 4. The van der Waals surface area contributed by atoms with E-state index >= 15 is 0 Å². The first-order chi connectivity index (χ1) is 13.9. The van der Waals surface area contributed by atoms with Gasteiger partial charge in [0.15, 0.2) is 11.5 Å². The van der Waals surface area contributed by atoms with E-state index in [1.54, 1.807) is 18.2 Å². The standard InChI is InChI=1S/C23H30N2O4/c1-5-14-29-20-12-11-19(15-21(20)28-4)23(27)25-24-22(26)13-8-17-6-9-18(10-7-17)16(2)3/h6-7,9-12,15-16H,5,8,13-14H2,1-4H3,(H,24,26)(H,25,27). The van der Waals surface area contributed by atoms with Crippen LogP contribution in [0.25, 0.3) is 0 Å². The largest absolute Gasteiger partial charge is 0.493 e. The van der Waals surface area contributed by atoms with Crippen molar-refractivity contribution in [2.75, 3.05) is 13.7 Å². The lowest BCUT2D eigenvalue weighted by molar-refractivity contribution is -0.121. The zero-order chi connectivity index (χ0) is 21.2. The molecule has 0 bridgehead atoms. The van der Waals surface area contributed by atoms with Gasteiger partial charge in [-0.1, -0.05) is 45.0 Å². The van der Waals surface area contributed by atoms with Gasteiger partial charge < -0.3 is 9.47 Å². The first-order valence-electron chi connectivity index (χ1n) is 9.93. The molecule has 0 saturated heterocycles. The fourth-order valence-corrected chi connectivity index (χ4v) is 2.73. The summed E-state index contributed by atoms with van der Waals surface area (Å²) in [5, 5.41) is 0. The SMILES string of the molecule is CCCOc1ccc(C(=O)NNC(=O)CCc2ccc(C(C)C)cc2)cc1OC. The Morgan fingerprint density at radius 2 is 1.72 bits per heavy atom. The molecule has 0 aliphatic carbocycles. The highest BCUT2D eigenvalue weighted by Gasteiger charge is 2.12. The predicted molar refractivity (Wildman–Crippen MR) is 113 cm³/mol. The van der Waals surface area contributed by atoms with E-state index in [1.165, 1.54) is 12.7 Å². The molecule has 2 rings (SSSR count). The van der Waals surface area contributed by atoms with Crippen LogP contribution >= 0.6 is 0 Å². The Morgan fingerprint density at radius 1 is 1.00 bits per heavy atom. The van der Waals surface area contributed by atoms with Gasteiger partial charge in [-0.05, 0) is 48.1 Å². The van der Waals surface area contributed by atoms with Crippen LogP contribution in [-0.2, 0) is 11.2 Å². The minimum Gasteiger partial charge on any atom is -0.493 e. The number of hydrogen-bond donors (Lipinski definition) is 2. The van der Waals surface area contributed by atoms with Gasteiger partial charge in [0.25, 0.3) is 5.91 Å². The van der Waals surface area contributed by atoms with Crippen LogP contribution in [0.1, 0.15) is 61.0 Å². The Kier molecular flexibility index (Phi) is 8.52. The van der Waals surface area contributed by atoms with E-state index < -0.39 is 5.91 Å². The third-order valence-corrected chi connectivity index (χ3v) is 4.49. The van der Waals surface area contributed by atoms with Gasteiger partial charge in [0.05, 0.1) is 13.7 Å². The zero-order valence-corrected chi connectivity index (χ0v) is 17.6. The molecule has 0 heterocycles. The van der Waals surface area contributed by atoms with E-state index in [0.717, 1.165) is 12.0 Å². The number of methoxy groups -OCH3 is 1. The minimum atomic E-state index is -0.417. The Hall–Kier alpha value is -3.02. The average molecular weight is 399 g/mol. The number of amides is 2. The number of rotatable bonds is 9. The Labute approximate surface area is 172 Å². The van der Waals surface area contributed by atoms with Gasteiger partial charge in [-0.3, -0.25) is 20.4 Å². The van der Waals surface area contributed by atoms with E-state index in [2.05, 4.69) is 36.8 Å². The van der Waals surface area contributed by atoms with Crippen LogP contribution < -0.4 is 20.3 Å². The summed E-state index contributed by atoms with van der Waals surface area (Å²) in [6, 6.07) is 13.1. The highest BCUT2D eigenvalue weighted by Crippen LogP contribution is 2.28. The normalized spacial score (nSPS) is 10.5. The molecule has 2 N–H and O–H groups in total. The molecule has 0 fully saturated rings. The molecule has 0 aliphatic rings. The molecule has 29 heavy (non-hydrogen) atoms. The molecule has 2 amide bonds. The molecule has 6 nitrogen and oxygen atoms in total. The summed E-state index contributed by atoms with van der Waals surface area (Å²) < 4.78 is 10.9. The van der Waals surface area contributed by atoms with Gasteiger partial charge in [0.2, 0.25) is 5.91 Å². The van der Waals surface area contributed by atoms with Crippen LogP contribution in [0.3, 0.4) is 0 Å². The number of ether oxygens (including phenoxy) is 2. The van der Waals surface area contributed by atoms with Crippen molar-refractivity contribution in [3.8, 4) is 11.5 Å². The third-order valence-electron chi connectivity index (χ3n) is 4.49. The van der Waals surface area contributed by atoms with E-state index in [9.17, 15) is 9.59 Å². The number of carbonyl (C=O) groups excluding carboxylic acids is 2. The molecule has 0 radical (unpaired) electrons. The van der Waals surface area contributed by atoms with Gasteiger partial charge in [-0.15, -0.1) is 0 Å². The van der Waals surface area contributed by atoms with Crippen molar-refractivity contribution < 1.29 is 19.1 Å². The van der Waals surface area contributed by atoms with Crippen LogP contribution in [0.4, 0.5) is 0 Å². The summed E-state index contributed by atoms with van der Waals surface area (Å²) in [5.74, 6) is 0.871. The second kappa shape index (κ2) is 11.1. The molecular formula is C23H30N2O4. The monoisotopic (exact) mass is 398 g/mol. The Balaban J connectivity index is 1.84. The quantitative estimate of drug-likeness (QED) is 0.626. The number of nitrogens with one attached hydrogen (secondary N) is 2. The Morgan fingerprint density at radius 3 is 2.34 bits per heavy atom. The topological polar surface area (TPSA) is 76.7 Å². The molecule has 6 heteroatoms. The number of benzene rings is 2. The first-order valence-corrected chi connectivity index (χ1v) is 9.93. The molecule has 2 aromatic carbocycles. The second-order valence-corrected chi connectivity index (χ2v) is 7.11. The van der Waals surface area contributed by atoms with Crippen molar-refractivity contribution in [3.05, 3.63) is 59.2 Å². The van der Waals surface area contributed by atoms with Crippen molar-refractivity contribution in [1.29, 1.82) is 0 Å². The number of aryl methyl sites for hydroxylation is 1. The highest BCUT2D eigenvalue weighted by atomic mass is 16.5. The smallest absolute Gasteiger partial charge is 0.269 e. The highest BCUT2D eigenvalue weighted by molar-refractivity contribution is 5.96. The molecule has 0 unspecified atom stereocenters. The van der Waals surface area contributed by atoms with Crippen LogP contribution in [0.5, 0.6) is 11.5 Å². The fraction of sp³-hybridized carbons (Fsp3) is 0.391. The van der Waals surface area contributed by atoms with Gasteiger partial charge in [0, 0.05) is 12.0 Å². The summed E-state index contributed by atoms with van der Waals surface area (Å²) in [6.45, 7) is 6.87. The van der Waals surface area contributed by atoms with Gasteiger partial charge in [-0.2, -0.15) is 0 Å². The van der Waals surface area contributed by atoms with Crippen molar-refractivity contribution in [3.63, 3.8) is 0 Å². The van der Waals surface area contributed by atoms with Crippen LogP contribution in [0.2, 0.25) is 0 Å². The lowest BCUT2D eigenvalue weighted by Gasteiger charge is -2.12. The summed E-state index contributed by atoms with van der Waals surface area (Å²) in [5.41, 5.74) is 7.62. The Bertz CT molecular complexity index is 816. The maximum absolute atomic E-state index is 12.3. The lowest BCUT2D eigenvalue weighted by atomic mass is 10.0. The van der Waals surface area contributed by atoms with Crippen LogP contribution in [0.15, 0.2) is 42.5 Å². The van der Waals surface area contributed by atoms with Gasteiger partial charge in [0.1, 0.15) is 0 Å². The third kappa shape index (κ3) is 6.82. The zero-order valence-electron chi connectivity index (χ0n) is 17.6. The summed E-state index contributed by atoms with van der Waals surface area (Å²) >= 11 is 0. The molecule has 0 saturated carbocycles. The lowest BCUT2D eigenvalue weighted by Crippen LogP contribution is -2.41. The van der Waals surface area contributed by atoms with Gasteiger partial charge >= 0.3 is 0 Å². The number of hydrazine groups is 1. The van der Waals surface area contributed by atoms with Crippen LogP contribution in [-0.4, -0.2) is 25.5 Å². The second-order valence-electron chi connectivity index (χ2n) is 7.11. The molecular weight excluding hydrogens is 368 g/mol. The summed E-state index contributed by atoms with van der Waals surface area (Å²) in [7, 11) is 1.52. The molecule has 2 aromatic rings. The summed E-state index contributed by atoms with van der Waals surface area (Å²) in [4.78, 5) is 24.3. The fourth-order valence-electron chi connectivity index (χ4n) is 2.73. The van der Waals surface area contributed by atoms with E-state index in [1.807, 2.05) is 19.1 Å². The van der Waals surface area contributed by atoms with Crippen molar-refractivity contribution in [2.45, 2.75) is 46.0 Å². The van der Waals surface area contributed by atoms with Crippen molar-refractivity contribution >= 4 is 11.8 Å². The van der Waals surface area contributed by atoms with Crippen molar-refractivity contribution in [1.82, 2.24) is 10.9 Å². The number of carbonyl (C=O) groups is 2. The minimum absolute atomic E-state index is 0.249. The van der Waals surface area contributed by atoms with E-state index in [4.69, 9.17) is 9.47 Å². The molecule has 0 aliphatic heterocycles. The maximum atomic E-state index is 12.3. The maximum Gasteiger partial charge on any atom is 0.269 e. The van der Waals surface area contributed by atoms with Crippen LogP contribution in [0, 0.1) is 0 Å². The van der Waals surface area contributed by atoms with Gasteiger partial charge in [-0.25, -0.2) is 0 Å². The van der Waals surface area contributed by atoms with Crippen molar-refractivity contribution in [2.24, 2.45) is 0 Å². The van der Waals surface area contributed by atoms with E-state index in [0.29, 0.717) is 36.0 Å². The average Bonchev–Trinajstić information content (AvgIpc) is 2.74. The predicted octanol–water partition coefficient (Wildman–Crippen LogP) is 4.00. The first kappa shape index (κ1) is 22.3. The summed E-state index contributed by atoms with van der Waals surface area (Å²) in [6.07, 6.45) is 1.77. The molecule has 0 spiro atoms.